The molecule has 2 aromatic rings. The van der Waals surface area contributed by atoms with E-state index in [0.717, 1.165) is 43.7 Å². The number of fused-ring (bicyclic) bond motifs is 1. The molecule has 1 saturated carbocycles. The van der Waals surface area contributed by atoms with E-state index in [0.29, 0.717) is 5.92 Å². The first kappa shape index (κ1) is 11.7. The van der Waals surface area contributed by atoms with E-state index in [-0.39, 0.29) is 6.10 Å². The quantitative estimate of drug-likeness (QED) is 0.860. The van der Waals surface area contributed by atoms with Crippen LogP contribution >= 0.6 is 0 Å². The van der Waals surface area contributed by atoms with Crippen LogP contribution in [0.15, 0.2) is 30.6 Å². The predicted molar refractivity (Wildman–Crippen MR) is 70.2 cm³/mol. The maximum atomic E-state index is 9.47. The van der Waals surface area contributed by atoms with Crippen molar-refractivity contribution in [3.05, 3.63) is 36.3 Å². The summed E-state index contributed by atoms with van der Waals surface area (Å²) < 4.78 is 2.04. The van der Waals surface area contributed by atoms with E-state index in [1.807, 2.05) is 28.8 Å². The maximum absolute atomic E-state index is 9.47. The van der Waals surface area contributed by atoms with Gasteiger partial charge in [0.2, 0.25) is 0 Å². The normalized spacial score (nSPS) is 23.8. The van der Waals surface area contributed by atoms with Crippen molar-refractivity contribution in [1.82, 2.24) is 14.7 Å². The molecular formula is C14H19N3O. The Kier molecular flexibility index (Phi) is 3.30. The van der Waals surface area contributed by atoms with Crippen LogP contribution in [0.1, 0.15) is 25.0 Å². The summed E-state index contributed by atoms with van der Waals surface area (Å²) in [6, 6.07) is 6.02. The van der Waals surface area contributed by atoms with Crippen molar-refractivity contribution in [3.8, 4) is 0 Å². The Morgan fingerprint density at radius 1 is 1.39 bits per heavy atom. The first-order valence-electron chi connectivity index (χ1n) is 6.62. The van der Waals surface area contributed by atoms with Crippen LogP contribution in [0.3, 0.4) is 0 Å². The highest BCUT2D eigenvalue weighted by molar-refractivity contribution is 5.39. The highest BCUT2D eigenvalue weighted by atomic mass is 16.3. The van der Waals surface area contributed by atoms with Gasteiger partial charge in [0.25, 0.3) is 0 Å². The standard InChI is InChI=1S/C14H19N3O/c18-13-5-4-11(7-13)8-15-9-12-10-17-6-2-1-3-14(17)16-12/h1-3,6,10-11,13,15,18H,4-5,7-9H2. The average Bonchev–Trinajstić information content (AvgIpc) is 2.95. The van der Waals surface area contributed by atoms with E-state index in [1.54, 1.807) is 0 Å². The first-order valence-corrected chi connectivity index (χ1v) is 6.62. The third-order valence-corrected chi connectivity index (χ3v) is 3.67. The summed E-state index contributed by atoms with van der Waals surface area (Å²) in [5, 5.41) is 12.9. The zero-order valence-corrected chi connectivity index (χ0v) is 10.4. The van der Waals surface area contributed by atoms with E-state index >= 15 is 0 Å². The molecular weight excluding hydrogens is 226 g/mol. The molecule has 0 aliphatic heterocycles. The monoisotopic (exact) mass is 245 g/mol. The maximum Gasteiger partial charge on any atom is 0.137 e. The van der Waals surface area contributed by atoms with Crippen molar-refractivity contribution in [3.63, 3.8) is 0 Å². The van der Waals surface area contributed by atoms with Gasteiger partial charge in [0.1, 0.15) is 5.65 Å². The van der Waals surface area contributed by atoms with Gasteiger partial charge in [0.05, 0.1) is 11.8 Å². The van der Waals surface area contributed by atoms with E-state index in [9.17, 15) is 5.11 Å². The van der Waals surface area contributed by atoms with E-state index in [2.05, 4.69) is 16.5 Å². The molecule has 0 bridgehead atoms. The first-order chi connectivity index (χ1) is 8.81. The third-order valence-electron chi connectivity index (χ3n) is 3.67. The molecule has 18 heavy (non-hydrogen) atoms. The number of nitrogens with one attached hydrogen (secondary N) is 1. The highest BCUT2D eigenvalue weighted by Gasteiger charge is 2.22. The molecule has 0 amide bonds. The minimum Gasteiger partial charge on any atom is -0.393 e. The minimum absolute atomic E-state index is 0.0769. The van der Waals surface area contributed by atoms with Crippen LogP contribution in [0.5, 0.6) is 0 Å². The van der Waals surface area contributed by atoms with Crippen molar-refractivity contribution in [1.29, 1.82) is 0 Å². The molecule has 2 heterocycles. The fraction of sp³-hybridized carbons (Fsp3) is 0.500. The summed E-state index contributed by atoms with van der Waals surface area (Å²) in [5.74, 6) is 0.622. The Balaban J connectivity index is 1.53. The SMILES string of the molecule is OC1CCC(CNCc2cn3ccccc3n2)C1. The summed E-state index contributed by atoms with van der Waals surface area (Å²) in [5.41, 5.74) is 2.06. The Hall–Kier alpha value is -1.39. The molecule has 1 aliphatic carbocycles. The second kappa shape index (κ2) is 5.08. The Bertz CT molecular complexity index is 489. The lowest BCUT2D eigenvalue weighted by Gasteiger charge is -2.09. The van der Waals surface area contributed by atoms with E-state index < -0.39 is 0 Å². The summed E-state index contributed by atoms with van der Waals surface area (Å²) in [4.78, 5) is 4.54. The molecule has 1 fully saturated rings. The van der Waals surface area contributed by atoms with Gasteiger partial charge in [-0.25, -0.2) is 4.98 Å². The fourth-order valence-electron chi connectivity index (χ4n) is 2.71. The number of nitrogens with zero attached hydrogens (tertiary/aromatic N) is 2. The second-order valence-corrected chi connectivity index (χ2v) is 5.16. The number of aliphatic hydroxyl groups excluding tert-OH is 1. The van der Waals surface area contributed by atoms with Crippen LogP contribution < -0.4 is 5.32 Å². The molecule has 4 nitrogen and oxygen atoms in total. The Labute approximate surface area is 107 Å². The number of imidazole rings is 1. The third kappa shape index (κ3) is 2.54. The molecule has 2 N–H and O–H groups in total. The number of aliphatic hydroxyl groups is 1. The molecule has 0 saturated heterocycles. The number of hydrogen-bond donors (Lipinski definition) is 2. The molecule has 0 spiro atoms. The van der Waals surface area contributed by atoms with Gasteiger partial charge < -0.3 is 14.8 Å². The van der Waals surface area contributed by atoms with Gasteiger partial charge in [0, 0.05) is 18.9 Å². The van der Waals surface area contributed by atoms with Crippen LogP contribution in [0.25, 0.3) is 5.65 Å². The van der Waals surface area contributed by atoms with Crippen LogP contribution in [-0.2, 0) is 6.54 Å². The van der Waals surface area contributed by atoms with Crippen LogP contribution in [-0.4, -0.2) is 27.1 Å². The number of rotatable bonds is 4. The highest BCUT2D eigenvalue weighted by Crippen LogP contribution is 2.24. The van der Waals surface area contributed by atoms with E-state index in [1.165, 1.54) is 0 Å². The molecule has 2 atom stereocenters. The zero-order chi connectivity index (χ0) is 12.4. The van der Waals surface area contributed by atoms with Crippen molar-refractivity contribution in [2.75, 3.05) is 6.54 Å². The van der Waals surface area contributed by atoms with E-state index in [4.69, 9.17) is 0 Å². The average molecular weight is 245 g/mol. The number of pyridine rings is 1. The molecule has 2 aromatic heterocycles. The van der Waals surface area contributed by atoms with Gasteiger partial charge in [-0.3, -0.25) is 0 Å². The Morgan fingerprint density at radius 2 is 2.33 bits per heavy atom. The van der Waals surface area contributed by atoms with Crippen molar-refractivity contribution < 1.29 is 5.11 Å². The molecule has 0 radical (unpaired) electrons. The zero-order valence-electron chi connectivity index (χ0n) is 10.4. The predicted octanol–water partition coefficient (Wildman–Crippen LogP) is 1.58. The van der Waals surface area contributed by atoms with Crippen LogP contribution in [0.2, 0.25) is 0 Å². The van der Waals surface area contributed by atoms with Gasteiger partial charge in [-0.05, 0) is 43.9 Å². The van der Waals surface area contributed by atoms with Gasteiger partial charge in [0.15, 0.2) is 0 Å². The van der Waals surface area contributed by atoms with Gasteiger partial charge in [-0.2, -0.15) is 0 Å². The van der Waals surface area contributed by atoms with Gasteiger partial charge in [-0.1, -0.05) is 6.07 Å². The largest absolute Gasteiger partial charge is 0.393 e. The van der Waals surface area contributed by atoms with Crippen molar-refractivity contribution in [2.45, 2.75) is 31.9 Å². The lowest BCUT2D eigenvalue weighted by molar-refractivity contribution is 0.177. The fourth-order valence-corrected chi connectivity index (χ4v) is 2.71. The molecule has 4 heteroatoms. The van der Waals surface area contributed by atoms with Crippen molar-refractivity contribution >= 4 is 5.65 Å². The summed E-state index contributed by atoms with van der Waals surface area (Å²) in [6.45, 7) is 1.78. The summed E-state index contributed by atoms with van der Waals surface area (Å²) >= 11 is 0. The van der Waals surface area contributed by atoms with Crippen LogP contribution in [0.4, 0.5) is 0 Å². The number of hydrogen-bond acceptors (Lipinski definition) is 3. The molecule has 1 aliphatic rings. The second-order valence-electron chi connectivity index (χ2n) is 5.16. The molecule has 96 valence electrons. The van der Waals surface area contributed by atoms with Gasteiger partial charge in [-0.15, -0.1) is 0 Å². The lowest BCUT2D eigenvalue weighted by atomic mass is 10.1. The smallest absolute Gasteiger partial charge is 0.137 e. The summed E-state index contributed by atoms with van der Waals surface area (Å²) in [7, 11) is 0. The summed E-state index contributed by atoms with van der Waals surface area (Å²) in [6.07, 6.45) is 7.04. The molecule has 3 rings (SSSR count). The topological polar surface area (TPSA) is 49.6 Å². The van der Waals surface area contributed by atoms with Crippen LogP contribution in [0, 0.1) is 5.92 Å². The minimum atomic E-state index is -0.0769. The van der Waals surface area contributed by atoms with Gasteiger partial charge >= 0.3 is 0 Å². The molecule has 0 aromatic carbocycles. The number of aromatic nitrogens is 2. The molecule has 2 unspecified atom stereocenters. The van der Waals surface area contributed by atoms with Crippen molar-refractivity contribution in [2.24, 2.45) is 5.92 Å². The lowest BCUT2D eigenvalue weighted by Crippen LogP contribution is -2.21. The Morgan fingerprint density at radius 3 is 3.11 bits per heavy atom.